The number of nitrogens with zero attached hydrogens (tertiary/aromatic N) is 3. The van der Waals surface area contributed by atoms with Gasteiger partial charge < -0.3 is 5.73 Å². The van der Waals surface area contributed by atoms with E-state index in [0.717, 1.165) is 16.7 Å². The monoisotopic (exact) mass is 314 g/mol. The lowest BCUT2D eigenvalue weighted by Gasteiger charge is -2.11. The van der Waals surface area contributed by atoms with Crippen molar-refractivity contribution in [2.45, 2.75) is 6.92 Å². The Kier molecular flexibility index (Phi) is 4.04. The fraction of sp³-hybridized carbons (Fsp3) is 0.0526. The number of hydrogen-bond acceptors (Lipinski definition) is 4. The predicted octanol–water partition coefficient (Wildman–Crippen LogP) is 3.09. The maximum absolute atomic E-state index is 11.6. The first-order valence-corrected chi connectivity index (χ1v) is 7.34. The van der Waals surface area contributed by atoms with Crippen LogP contribution in [-0.4, -0.2) is 15.9 Å². The minimum atomic E-state index is -0.772. The molecule has 0 saturated heterocycles. The van der Waals surface area contributed by atoms with Crippen molar-refractivity contribution < 1.29 is 4.79 Å². The zero-order valence-corrected chi connectivity index (χ0v) is 13.0. The summed E-state index contributed by atoms with van der Waals surface area (Å²) < 4.78 is 0. The Morgan fingerprint density at radius 2 is 1.54 bits per heavy atom. The molecule has 0 aliphatic heterocycles. The van der Waals surface area contributed by atoms with Crippen LogP contribution >= 0.6 is 0 Å². The maximum Gasteiger partial charge on any atom is 0.270 e. The van der Waals surface area contributed by atoms with Gasteiger partial charge in [-0.1, -0.05) is 60.2 Å². The molecule has 2 aromatic carbocycles. The van der Waals surface area contributed by atoms with Gasteiger partial charge in [-0.2, -0.15) is 5.26 Å². The van der Waals surface area contributed by atoms with Crippen LogP contribution < -0.4 is 5.73 Å². The minimum Gasteiger partial charge on any atom is -0.364 e. The number of hydrogen-bond donors (Lipinski definition) is 1. The highest BCUT2D eigenvalue weighted by atomic mass is 16.1. The van der Waals surface area contributed by atoms with Crippen LogP contribution in [-0.2, 0) is 0 Å². The van der Waals surface area contributed by atoms with Gasteiger partial charge in [-0.15, -0.1) is 0 Å². The van der Waals surface area contributed by atoms with Crippen molar-refractivity contribution in [1.82, 2.24) is 9.97 Å². The van der Waals surface area contributed by atoms with E-state index in [2.05, 4.69) is 9.97 Å². The van der Waals surface area contributed by atoms with Gasteiger partial charge in [0.25, 0.3) is 5.91 Å². The van der Waals surface area contributed by atoms with Crippen molar-refractivity contribution in [3.8, 4) is 28.6 Å². The molecular weight excluding hydrogens is 300 g/mol. The number of aryl methyl sites for hydroxylation is 1. The van der Waals surface area contributed by atoms with Gasteiger partial charge in [0.2, 0.25) is 0 Å². The number of benzene rings is 2. The number of carbonyl (C=O) groups is 1. The van der Waals surface area contributed by atoms with Crippen LogP contribution in [0.15, 0.2) is 54.6 Å². The summed E-state index contributed by atoms with van der Waals surface area (Å²) in [7, 11) is 0. The summed E-state index contributed by atoms with van der Waals surface area (Å²) in [5.74, 6) is -0.772. The largest absolute Gasteiger partial charge is 0.364 e. The molecule has 1 amide bonds. The van der Waals surface area contributed by atoms with E-state index in [-0.39, 0.29) is 11.4 Å². The van der Waals surface area contributed by atoms with E-state index in [4.69, 9.17) is 5.73 Å². The molecule has 0 radical (unpaired) electrons. The fourth-order valence-electron chi connectivity index (χ4n) is 2.40. The molecule has 24 heavy (non-hydrogen) atoms. The number of amides is 1. The number of carbonyl (C=O) groups excluding carboxylic acids is 1. The second-order valence-corrected chi connectivity index (χ2v) is 5.33. The average molecular weight is 314 g/mol. The summed E-state index contributed by atoms with van der Waals surface area (Å²) in [5.41, 5.74) is 8.96. The molecule has 0 bridgehead atoms. The Morgan fingerprint density at radius 1 is 0.958 bits per heavy atom. The van der Waals surface area contributed by atoms with Crippen LogP contribution in [0.5, 0.6) is 0 Å². The normalized spacial score (nSPS) is 10.2. The Bertz CT molecular complexity index is 942. The van der Waals surface area contributed by atoms with Gasteiger partial charge >= 0.3 is 0 Å². The molecule has 0 spiro atoms. The highest BCUT2D eigenvalue weighted by molar-refractivity contribution is 5.94. The van der Waals surface area contributed by atoms with Crippen LogP contribution in [0.2, 0.25) is 0 Å². The van der Waals surface area contributed by atoms with Gasteiger partial charge in [0, 0.05) is 11.1 Å². The molecule has 5 heteroatoms. The topological polar surface area (TPSA) is 92.7 Å². The van der Waals surface area contributed by atoms with Crippen LogP contribution in [0, 0.1) is 18.3 Å². The summed E-state index contributed by atoms with van der Waals surface area (Å²) in [6.07, 6.45) is 0. The standard InChI is InChI=1S/C19H14N4O/c1-12-7-9-14(10-8-12)16-17(13-5-3-2-4-6-13)23-18(19(21)24)15(11-20)22-16/h2-10H,1H3,(H2,21,24). The van der Waals surface area contributed by atoms with Gasteiger partial charge in [-0.05, 0) is 6.92 Å². The number of rotatable bonds is 3. The molecule has 116 valence electrons. The quantitative estimate of drug-likeness (QED) is 0.804. The molecule has 5 nitrogen and oxygen atoms in total. The smallest absolute Gasteiger partial charge is 0.270 e. The van der Waals surface area contributed by atoms with Gasteiger partial charge in [0.1, 0.15) is 6.07 Å². The zero-order valence-electron chi connectivity index (χ0n) is 13.0. The van der Waals surface area contributed by atoms with Crippen molar-refractivity contribution in [1.29, 1.82) is 5.26 Å². The van der Waals surface area contributed by atoms with E-state index in [1.807, 2.05) is 67.6 Å². The van der Waals surface area contributed by atoms with Crippen LogP contribution in [0.3, 0.4) is 0 Å². The van der Waals surface area contributed by atoms with E-state index in [0.29, 0.717) is 11.4 Å². The highest BCUT2D eigenvalue weighted by Gasteiger charge is 2.19. The third kappa shape index (κ3) is 2.85. The molecule has 2 N–H and O–H groups in total. The molecular formula is C19H14N4O. The Balaban J connectivity index is 2.32. The van der Waals surface area contributed by atoms with Gasteiger partial charge in [-0.25, -0.2) is 9.97 Å². The first-order valence-electron chi connectivity index (χ1n) is 7.34. The maximum atomic E-state index is 11.6. The zero-order chi connectivity index (χ0) is 17.1. The number of nitrogens with two attached hydrogens (primary N) is 1. The van der Waals surface area contributed by atoms with E-state index < -0.39 is 5.91 Å². The molecule has 0 aliphatic rings. The number of primary amides is 1. The molecule has 0 aliphatic carbocycles. The van der Waals surface area contributed by atoms with Crippen molar-refractivity contribution >= 4 is 5.91 Å². The molecule has 0 unspecified atom stereocenters. The van der Waals surface area contributed by atoms with E-state index in [1.54, 1.807) is 0 Å². The van der Waals surface area contributed by atoms with Crippen LogP contribution in [0.25, 0.3) is 22.5 Å². The lowest BCUT2D eigenvalue weighted by molar-refractivity contribution is 0.0995. The highest BCUT2D eigenvalue weighted by Crippen LogP contribution is 2.30. The Hall–Kier alpha value is -3.52. The van der Waals surface area contributed by atoms with Crippen LogP contribution in [0.1, 0.15) is 21.7 Å². The average Bonchev–Trinajstić information content (AvgIpc) is 2.62. The van der Waals surface area contributed by atoms with Crippen molar-refractivity contribution in [3.05, 3.63) is 71.5 Å². The third-order valence-corrected chi connectivity index (χ3v) is 3.61. The van der Waals surface area contributed by atoms with E-state index in [1.165, 1.54) is 0 Å². The summed E-state index contributed by atoms with van der Waals surface area (Å²) in [6, 6.07) is 19.0. The molecule has 3 rings (SSSR count). The van der Waals surface area contributed by atoms with E-state index in [9.17, 15) is 10.1 Å². The second-order valence-electron chi connectivity index (χ2n) is 5.33. The van der Waals surface area contributed by atoms with Crippen molar-refractivity contribution in [3.63, 3.8) is 0 Å². The minimum absolute atomic E-state index is 0.0715. The number of nitriles is 1. The molecule has 1 aromatic heterocycles. The first-order chi connectivity index (χ1) is 11.6. The first kappa shape index (κ1) is 15.4. The second kappa shape index (κ2) is 6.31. The molecule has 0 atom stereocenters. The van der Waals surface area contributed by atoms with Crippen LogP contribution in [0.4, 0.5) is 0 Å². The fourth-order valence-corrected chi connectivity index (χ4v) is 2.40. The predicted molar refractivity (Wildman–Crippen MR) is 90.9 cm³/mol. The van der Waals surface area contributed by atoms with E-state index >= 15 is 0 Å². The molecule has 0 saturated carbocycles. The molecule has 3 aromatic rings. The molecule has 0 fully saturated rings. The van der Waals surface area contributed by atoms with Crippen molar-refractivity contribution in [2.24, 2.45) is 5.73 Å². The van der Waals surface area contributed by atoms with Gasteiger partial charge in [0.05, 0.1) is 11.4 Å². The lowest BCUT2D eigenvalue weighted by Crippen LogP contribution is -2.17. The Morgan fingerprint density at radius 3 is 2.12 bits per heavy atom. The third-order valence-electron chi connectivity index (χ3n) is 3.61. The molecule has 1 heterocycles. The summed E-state index contributed by atoms with van der Waals surface area (Å²) in [6.45, 7) is 1.99. The van der Waals surface area contributed by atoms with Gasteiger partial charge in [0.15, 0.2) is 11.4 Å². The summed E-state index contributed by atoms with van der Waals surface area (Å²) in [4.78, 5) is 20.3. The number of aromatic nitrogens is 2. The summed E-state index contributed by atoms with van der Waals surface area (Å²) >= 11 is 0. The summed E-state index contributed by atoms with van der Waals surface area (Å²) in [5, 5.41) is 9.28. The lowest BCUT2D eigenvalue weighted by atomic mass is 10.0. The van der Waals surface area contributed by atoms with Gasteiger partial charge in [-0.3, -0.25) is 4.79 Å². The van der Waals surface area contributed by atoms with Crippen molar-refractivity contribution in [2.75, 3.05) is 0 Å². The SMILES string of the molecule is Cc1ccc(-c2nc(C#N)c(C(N)=O)nc2-c2ccccc2)cc1. The Labute approximate surface area is 139 Å².